The smallest absolute Gasteiger partial charge is 0.103 e. The standard InChI is InChI=1S/C7H14F2/c1-5(2)7(4-8)6(3)9/h5-7H,4H2,1-3H3. The maximum absolute atomic E-state index is 12.4. The molecule has 0 saturated heterocycles. The molecule has 2 heteroatoms. The molecular formula is C7H14F2. The van der Waals surface area contributed by atoms with Crippen LogP contribution in [0.2, 0.25) is 0 Å². The lowest BCUT2D eigenvalue weighted by molar-refractivity contribution is 0.161. The predicted molar refractivity (Wildman–Crippen MR) is 34.9 cm³/mol. The summed E-state index contributed by atoms with van der Waals surface area (Å²) in [6, 6.07) is 0. The van der Waals surface area contributed by atoms with Gasteiger partial charge in [-0.1, -0.05) is 13.8 Å². The van der Waals surface area contributed by atoms with Crippen LogP contribution in [0.4, 0.5) is 8.78 Å². The topological polar surface area (TPSA) is 0 Å². The van der Waals surface area contributed by atoms with Crippen molar-refractivity contribution in [2.45, 2.75) is 26.9 Å². The van der Waals surface area contributed by atoms with Crippen molar-refractivity contribution < 1.29 is 8.78 Å². The first kappa shape index (κ1) is 8.86. The Balaban J connectivity index is 3.68. The summed E-state index contributed by atoms with van der Waals surface area (Å²) < 4.78 is 24.3. The van der Waals surface area contributed by atoms with E-state index in [1.54, 1.807) is 0 Å². The highest BCUT2D eigenvalue weighted by Crippen LogP contribution is 2.17. The Morgan fingerprint density at radius 1 is 1.22 bits per heavy atom. The summed E-state index contributed by atoms with van der Waals surface area (Å²) in [5.74, 6) is -0.306. The molecule has 0 aliphatic carbocycles. The summed E-state index contributed by atoms with van der Waals surface area (Å²) in [6.45, 7) is 4.53. The van der Waals surface area contributed by atoms with E-state index in [9.17, 15) is 8.78 Å². The third kappa shape index (κ3) is 2.78. The van der Waals surface area contributed by atoms with Gasteiger partial charge in [-0.3, -0.25) is 4.39 Å². The van der Waals surface area contributed by atoms with Crippen LogP contribution in [0, 0.1) is 11.8 Å². The molecule has 56 valence electrons. The van der Waals surface area contributed by atoms with E-state index in [0.717, 1.165) is 0 Å². The molecule has 0 amide bonds. The first-order chi connectivity index (χ1) is 4.09. The van der Waals surface area contributed by atoms with Crippen molar-refractivity contribution in [2.75, 3.05) is 6.67 Å². The number of alkyl halides is 2. The van der Waals surface area contributed by atoms with E-state index in [4.69, 9.17) is 0 Å². The van der Waals surface area contributed by atoms with Crippen molar-refractivity contribution in [1.29, 1.82) is 0 Å². The van der Waals surface area contributed by atoms with Gasteiger partial charge in [0, 0.05) is 5.92 Å². The van der Waals surface area contributed by atoms with Gasteiger partial charge in [-0.05, 0) is 12.8 Å². The van der Waals surface area contributed by atoms with Gasteiger partial charge in [-0.15, -0.1) is 0 Å². The SMILES string of the molecule is CC(C)C(CF)C(C)F. The van der Waals surface area contributed by atoms with Gasteiger partial charge in [0.05, 0.1) is 6.67 Å². The van der Waals surface area contributed by atoms with Gasteiger partial charge in [0.2, 0.25) is 0 Å². The quantitative estimate of drug-likeness (QED) is 0.559. The molecule has 0 saturated carbocycles. The minimum Gasteiger partial charge on any atom is -0.251 e. The van der Waals surface area contributed by atoms with Crippen molar-refractivity contribution in [3.05, 3.63) is 0 Å². The van der Waals surface area contributed by atoms with E-state index in [1.807, 2.05) is 13.8 Å². The average Bonchev–Trinajstić information content (AvgIpc) is 1.64. The molecule has 0 heterocycles. The Morgan fingerprint density at radius 2 is 1.67 bits per heavy atom. The second-order valence-electron chi connectivity index (χ2n) is 2.74. The van der Waals surface area contributed by atoms with E-state index in [0.29, 0.717) is 0 Å². The van der Waals surface area contributed by atoms with E-state index in [2.05, 4.69) is 0 Å². The molecule has 0 N–H and O–H groups in total. The van der Waals surface area contributed by atoms with Crippen molar-refractivity contribution >= 4 is 0 Å². The molecule has 0 radical (unpaired) electrons. The molecule has 0 aromatic rings. The highest BCUT2D eigenvalue weighted by molar-refractivity contribution is 4.66. The van der Waals surface area contributed by atoms with Crippen LogP contribution < -0.4 is 0 Å². The zero-order chi connectivity index (χ0) is 7.44. The third-order valence-electron chi connectivity index (χ3n) is 1.62. The number of hydrogen-bond donors (Lipinski definition) is 0. The van der Waals surface area contributed by atoms with E-state index in [1.165, 1.54) is 6.92 Å². The molecule has 0 aliphatic heterocycles. The van der Waals surface area contributed by atoms with Crippen LogP contribution in [0.3, 0.4) is 0 Å². The Hall–Kier alpha value is -0.140. The lowest BCUT2D eigenvalue weighted by atomic mass is 9.93. The highest BCUT2D eigenvalue weighted by Gasteiger charge is 2.19. The van der Waals surface area contributed by atoms with Crippen LogP contribution in [-0.2, 0) is 0 Å². The molecule has 0 fully saturated rings. The third-order valence-corrected chi connectivity index (χ3v) is 1.62. The molecule has 0 aromatic heterocycles. The lowest BCUT2D eigenvalue weighted by Crippen LogP contribution is -2.20. The summed E-state index contributed by atoms with van der Waals surface area (Å²) in [5.41, 5.74) is 0. The lowest BCUT2D eigenvalue weighted by Gasteiger charge is -2.17. The van der Waals surface area contributed by atoms with Gasteiger partial charge >= 0.3 is 0 Å². The first-order valence-corrected chi connectivity index (χ1v) is 3.29. The molecule has 0 spiro atoms. The largest absolute Gasteiger partial charge is 0.251 e. The second-order valence-corrected chi connectivity index (χ2v) is 2.74. The molecular weight excluding hydrogens is 122 g/mol. The monoisotopic (exact) mass is 136 g/mol. The fourth-order valence-corrected chi connectivity index (χ4v) is 0.831. The predicted octanol–water partition coefficient (Wildman–Crippen LogP) is 2.59. The van der Waals surface area contributed by atoms with Crippen LogP contribution >= 0.6 is 0 Å². The van der Waals surface area contributed by atoms with Crippen molar-refractivity contribution in [3.8, 4) is 0 Å². The normalized spacial score (nSPS) is 18.0. The van der Waals surface area contributed by atoms with Gasteiger partial charge in [-0.25, -0.2) is 4.39 Å². The molecule has 2 atom stereocenters. The number of halogens is 2. The maximum Gasteiger partial charge on any atom is 0.103 e. The van der Waals surface area contributed by atoms with E-state index < -0.39 is 18.8 Å². The maximum atomic E-state index is 12.4. The van der Waals surface area contributed by atoms with Gasteiger partial charge in [0.1, 0.15) is 6.17 Å². The first-order valence-electron chi connectivity index (χ1n) is 3.29. The Kier molecular flexibility index (Phi) is 3.75. The fourth-order valence-electron chi connectivity index (χ4n) is 0.831. The second kappa shape index (κ2) is 3.80. The molecule has 9 heavy (non-hydrogen) atoms. The van der Waals surface area contributed by atoms with Gasteiger partial charge in [0.15, 0.2) is 0 Å². The van der Waals surface area contributed by atoms with Crippen molar-refractivity contribution in [2.24, 2.45) is 11.8 Å². The fraction of sp³-hybridized carbons (Fsp3) is 1.00. The highest BCUT2D eigenvalue weighted by atomic mass is 19.1. The summed E-state index contributed by atoms with van der Waals surface area (Å²) in [6.07, 6.45) is -1.02. The molecule has 2 unspecified atom stereocenters. The van der Waals surface area contributed by atoms with Gasteiger partial charge in [0.25, 0.3) is 0 Å². The Morgan fingerprint density at radius 3 is 1.67 bits per heavy atom. The Bertz CT molecular complexity index is 61.3. The zero-order valence-corrected chi connectivity index (χ0v) is 6.20. The van der Waals surface area contributed by atoms with Crippen molar-refractivity contribution in [3.63, 3.8) is 0 Å². The zero-order valence-electron chi connectivity index (χ0n) is 6.20. The van der Waals surface area contributed by atoms with Crippen LogP contribution in [0.1, 0.15) is 20.8 Å². The van der Waals surface area contributed by atoms with Crippen LogP contribution in [0.5, 0.6) is 0 Å². The number of rotatable bonds is 3. The summed E-state index contributed by atoms with van der Waals surface area (Å²) in [4.78, 5) is 0. The van der Waals surface area contributed by atoms with E-state index in [-0.39, 0.29) is 5.92 Å². The average molecular weight is 136 g/mol. The Labute approximate surface area is 55.3 Å². The molecule has 0 nitrogen and oxygen atoms in total. The summed E-state index contributed by atoms with van der Waals surface area (Å²) in [5, 5.41) is 0. The van der Waals surface area contributed by atoms with Crippen LogP contribution in [-0.4, -0.2) is 12.8 Å². The van der Waals surface area contributed by atoms with Gasteiger partial charge < -0.3 is 0 Å². The molecule has 0 rings (SSSR count). The van der Waals surface area contributed by atoms with Gasteiger partial charge in [-0.2, -0.15) is 0 Å². The molecule has 0 aliphatic rings. The van der Waals surface area contributed by atoms with Crippen LogP contribution in [0.15, 0.2) is 0 Å². The van der Waals surface area contributed by atoms with Crippen LogP contribution in [0.25, 0.3) is 0 Å². The van der Waals surface area contributed by atoms with Crippen molar-refractivity contribution in [1.82, 2.24) is 0 Å². The van der Waals surface area contributed by atoms with E-state index >= 15 is 0 Å². The number of hydrogen-bond acceptors (Lipinski definition) is 0. The summed E-state index contributed by atoms with van der Waals surface area (Å²) >= 11 is 0. The molecule has 0 bridgehead atoms. The summed E-state index contributed by atoms with van der Waals surface area (Å²) in [7, 11) is 0. The molecule has 0 aromatic carbocycles. The minimum absolute atomic E-state index is 0.106. The minimum atomic E-state index is -1.02.